The van der Waals surface area contributed by atoms with E-state index >= 15 is 0 Å². The summed E-state index contributed by atoms with van der Waals surface area (Å²) in [4.78, 5) is 0. The second kappa shape index (κ2) is 9.53. The predicted molar refractivity (Wildman–Crippen MR) is 110 cm³/mol. The summed E-state index contributed by atoms with van der Waals surface area (Å²) in [6.07, 6.45) is 8.77. The maximum atomic E-state index is 10.6. The first-order valence-corrected chi connectivity index (χ1v) is 10.2. The molecule has 0 aliphatic heterocycles. The predicted octanol–water partition coefficient (Wildman–Crippen LogP) is 6.71. The Morgan fingerprint density at radius 3 is 1.92 bits per heavy atom. The summed E-state index contributed by atoms with van der Waals surface area (Å²) < 4.78 is 0. The zero-order valence-electron chi connectivity index (χ0n) is 17.8. The zero-order valence-corrected chi connectivity index (χ0v) is 17.8. The van der Waals surface area contributed by atoms with E-state index in [4.69, 9.17) is 0 Å². The largest absolute Gasteiger partial charge is 0.507 e. The average molecular weight is 365 g/mol. The van der Waals surface area contributed by atoms with Crippen LogP contribution in [0.2, 0.25) is 0 Å². The van der Waals surface area contributed by atoms with Crippen molar-refractivity contribution in [1.29, 1.82) is 0 Å². The summed E-state index contributed by atoms with van der Waals surface area (Å²) in [5.41, 5.74) is 1.90. The van der Waals surface area contributed by atoms with E-state index < -0.39 is 0 Å². The van der Waals surface area contributed by atoms with Gasteiger partial charge in [0.1, 0.15) is 5.75 Å². The second-order valence-electron chi connectivity index (χ2n) is 9.72. The van der Waals surface area contributed by atoms with Crippen LogP contribution in [0.4, 0.5) is 0 Å². The van der Waals surface area contributed by atoms with Crippen molar-refractivity contribution in [2.24, 2.45) is 10.8 Å². The molecule has 0 saturated heterocycles. The first-order chi connectivity index (χ1) is 12.0. The highest BCUT2D eigenvalue weighted by Gasteiger charge is 2.18. The fourth-order valence-corrected chi connectivity index (χ4v) is 3.24. The standard InChI is InChI=1S/C23H40O3/c1-7-23(5,6)15-11-8-12-17-16-19(24)21(26)18(20(17)25)13-9-10-14-22(2,3)4/h16,24-26H,7-15H2,1-6H3. The lowest BCUT2D eigenvalue weighted by Gasteiger charge is -2.22. The highest BCUT2D eigenvalue weighted by atomic mass is 16.3. The molecule has 0 bridgehead atoms. The van der Waals surface area contributed by atoms with E-state index in [0.717, 1.165) is 56.9 Å². The number of benzene rings is 1. The molecule has 3 nitrogen and oxygen atoms in total. The fourth-order valence-electron chi connectivity index (χ4n) is 3.24. The summed E-state index contributed by atoms with van der Waals surface area (Å²) in [5.74, 6) is -0.0996. The molecule has 0 atom stereocenters. The second-order valence-corrected chi connectivity index (χ2v) is 9.72. The SMILES string of the molecule is CCC(C)(C)CCCCc1cc(O)c(O)c(CCCCC(C)(C)C)c1O. The smallest absolute Gasteiger partial charge is 0.164 e. The van der Waals surface area contributed by atoms with Gasteiger partial charge < -0.3 is 15.3 Å². The Kier molecular flexibility index (Phi) is 8.30. The van der Waals surface area contributed by atoms with Gasteiger partial charge in [-0.25, -0.2) is 0 Å². The molecule has 3 heteroatoms. The van der Waals surface area contributed by atoms with E-state index in [2.05, 4.69) is 41.5 Å². The Morgan fingerprint density at radius 2 is 1.35 bits per heavy atom. The number of aryl methyl sites for hydroxylation is 1. The minimum Gasteiger partial charge on any atom is -0.507 e. The van der Waals surface area contributed by atoms with E-state index in [1.807, 2.05) is 0 Å². The van der Waals surface area contributed by atoms with Gasteiger partial charge in [0.25, 0.3) is 0 Å². The molecule has 3 N–H and O–H groups in total. The van der Waals surface area contributed by atoms with Crippen LogP contribution in [0.25, 0.3) is 0 Å². The molecule has 26 heavy (non-hydrogen) atoms. The van der Waals surface area contributed by atoms with Gasteiger partial charge in [0, 0.05) is 5.56 Å². The summed E-state index contributed by atoms with van der Waals surface area (Å²) in [5, 5.41) is 30.8. The van der Waals surface area contributed by atoms with Gasteiger partial charge in [0.15, 0.2) is 11.5 Å². The van der Waals surface area contributed by atoms with Crippen LogP contribution >= 0.6 is 0 Å². The Bertz CT molecular complexity index is 568. The van der Waals surface area contributed by atoms with E-state index in [0.29, 0.717) is 22.8 Å². The Balaban J connectivity index is 2.69. The molecule has 1 rings (SSSR count). The number of aromatic hydroxyl groups is 3. The zero-order chi connectivity index (χ0) is 20.0. The van der Waals surface area contributed by atoms with Crippen molar-refractivity contribution in [3.8, 4) is 17.2 Å². The Hall–Kier alpha value is -1.38. The molecular weight excluding hydrogens is 324 g/mol. The maximum absolute atomic E-state index is 10.6. The van der Waals surface area contributed by atoms with Crippen LogP contribution in [0.3, 0.4) is 0 Å². The summed E-state index contributed by atoms with van der Waals surface area (Å²) in [7, 11) is 0. The average Bonchev–Trinajstić information content (AvgIpc) is 2.54. The highest BCUT2D eigenvalue weighted by Crippen LogP contribution is 2.40. The van der Waals surface area contributed by atoms with Crippen LogP contribution in [0.1, 0.15) is 97.6 Å². The quantitative estimate of drug-likeness (QED) is 0.245. The Labute approximate surface area is 160 Å². The van der Waals surface area contributed by atoms with Gasteiger partial charge in [0.05, 0.1) is 0 Å². The van der Waals surface area contributed by atoms with Crippen molar-refractivity contribution in [2.75, 3.05) is 0 Å². The molecule has 0 spiro atoms. The molecule has 0 saturated carbocycles. The maximum Gasteiger partial charge on any atom is 0.164 e. The van der Waals surface area contributed by atoms with E-state index in [1.165, 1.54) is 6.07 Å². The van der Waals surface area contributed by atoms with Crippen LogP contribution in [-0.2, 0) is 12.8 Å². The fraction of sp³-hybridized carbons (Fsp3) is 0.739. The number of hydrogen-bond acceptors (Lipinski definition) is 3. The molecule has 1 aromatic carbocycles. The van der Waals surface area contributed by atoms with Crippen molar-refractivity contribution in [1.82, 2.24) is 0 Å². The molecular formula is C23H40O3. The van der Waals surface area contributed by atoms with Gasteiger partial charge >= 0.3 is 0 Å². The van der Waals surface area contributed by atoms with E-state index in [1.54, 1.807) is 0 Å². The number of phenolic OH excluding ortho intramolecular Hbond substituents is 3. The van der Waals surface area contributed by atoms with Crippen molar-refractivity contribution in [3.05, 3.63) is 17.2 Å². The van der Waals surface area contributed by atoms with Gasteiger partial charge in [-0.2, -0.15) is 0 Å². The van der Waals surface area contributed by atoms with Crippen LogP contribution in [-0.4, -0.2) is 15.3 Å². The number of phenols is 3. The van der Waals surface area contributed by atoms with Crippen LogP contribution in [0, 0.1) is 10.8 Å². The topological polar surface area (TPSA) is 60.7 Å². The van der Waals surface area contributed by atoms with Gasteiger partial charge in [0.2, 0.25) is 0 Å². The third kappa shape index (κ3) is 7.47. The number of rotatable bonds is 10. The lowest BCUT2D eigenvalue weighted by Crippen LogP contribution is -2.09. The highest BCUT2D eigenvalue weighted by molar-refractivity contribution is 5.56. The lowest BCUT2D eigenvalue weighted by atomic mass is 9.84. The summed E-state index contributed by atoms with van der Waals surface area (Å²) in [6, 6.07) is 1.52. The first kappa shape index (κ1) is 22.7. The molecule has 150 valence electrons. The van der Waals surface area contributed by atoms with Crippen LogP contribution in [0.5, 0.6) is 17.2 Å². The Morgan fingerprint density at radius 1 is 0.769 bits per heavy atom. The van der Waals surface area contributed by atoms with Crippen LogP contribution < -0.4 is 0 Å². The first-order valence-electron chi connectivity index (χ1n) is 10.2. The molecule has 0 fully saturated rings. The number of unbranched alkanes of at least 4 members (excludes halogenated alkanes) is 2. The minimum atomic E-state index is -0.158. The van der Waals surface area contributed by atoms with Crippen molar-refractivity contribution >= 4 is 0 Å². The van der Waals surface area contributed by atoms with Gasteiger partial charge in [-0.3, -0.25) is 0 Å². The minimum absolute atomic E-state index is 0.113. The molecule has 0 aromatic heterocycles. The van der Waals surface area contributed by atoms with Crippen molar-refractivity contribution in [3.63, 3.8) is 0 Å². The molecule has 0 aliphatic rings. The van der Waals surface area contributed by atoms with Gasteiger partial charge in [-0.15, -0.1) is 0 Å². The molecule has 0 aliphatic carbocycles. The van der Waals surface area contributed by atoms with Crippen molar-refractivity contribution in [2.45, 2.75) is 99.3 Å². The van der Waals surface area contributed by atoms with E-state index in [9.17, 15) is 15.3 Å². The van der Waals surface area contributed by atoms with Gasteiger partial charge in [-0.05, 0) is 61.0 Å². The third-order valence-electron chi connectivity index (χ3n) is 5.54. The third-order valence-corrected chi connectivity index (χ3v) is 5.54. The normalized spacial score (nSPS) is 12.5. The summed E-state index contributed by atoms with van der Waals surface area (Å²) >= 11 is 0. The molecule has 0 unspecified atom stereocenters. The molecule has 1 aromatic rings. The number of hydrogen-bond donors (Lipinski definition) is 3. The molecule has 0 radical (unpaired) electrons. The molecule has 0 amide bonds. The van der Waals surface area contributed by atoms with Crippen LogP contribution in [0.15, 0.2) is 6.07 Å². The lowest BCUT2D eigenvalue weighted by molar-refractivity contribution is 0.309. The summed E-state index contributed by atoms with van der Waals surface area (Å²) in [6.45, 7) is 13.4. The monoisotopic (exact) mass is 364 g/mol. The van der Waals surface area contributed by atoms with Gasteiger partial charge in [-0.1, -0.05) is 60.8 Å². The van der Waals surface area contributed by atoms with E-state index in [-0.39, 0.29) is 17.2 Å². The van der Waals surface area contributed by atoms with Crippen molar-refractivity contribution < 1.29 is 15.3 Å². The molecule has 0 heterocycles.